The van der Waals surface area contributed by atoms with Crippen LogP contribution in [0.4, 0.5) is 0 Å². The third-order valence-electron chi connectivity index (χ3n) is 5.91. The van der Waals surface area contributed by atoms with E-state index in [4.69, 9.17) is 9.84 Å². The van der Waals surface area contributed by atoms with Gasteiger partial charge in [0.15, 0.2) is 0 Å². The van der Waals surface area contributed by atoms with Gasteiger partial charge in [-0.25, -0.2) is 10.0 Å². The number of hydrogen-bond donors (Lipinski definition) is 1. The molecule has 2 aromatic carbocycles. The number of benzene rings is 2. The molecule has 7 heteroatoms. The normalized spacial score (nSPS) is 13.8. The van der Waals surface area contributed by atoms with Crippen LogP contribution >= 0.6 is 10.0 Å². The summed E-state index contributed by atoms with van der Waals surface area (Å²) in [5.74, 6) is 0.681. The molecule has 174 valence electrons. The minimum atomic E-state index is -0.727. The summed E-state index contributed by atoms with van der Waals surface area (Å²) in [5, 5.41) is 7.71. The predicted octanol–water partition coefficient (Wildman–Crippen LogP) is 4.99. The molecule has 5 rings (SSSR count). The minimum absolute atomic E-state index is 0.102. The number of nitrogens with zero attached hydrogens (tertiary/aromatic N) is 3. The molecule has 0 saturated carbocycles. The van der Waals surface area contributed by atoms with E-state index in [0.29, 0.717) is 25.4 Å². The summed E-state index contributed by atoms with van der Waals surface area (Å²) in [5.41, 5.74) is 5.20. The number of carbonyl (C=O) groups is 1. The third kappa shape index (κ3) is 4.43. The van der Waals surface area contributed by atoms with Crippen LogP contribution in [0.5, 0.6) is 5.75 Å². The Hall–Kier alpha value is -3.58. The van der Waals surface area contributed by atoms with Gasteiger partial charge in [-0.1, -0.05) is 24.3 Å². The van der Waals surface area contributed by atoms with Crippen LogP contribution < -0.4 is 10.1 Å². The van der Waals surface area contributed by atoms with E-state index < -0.39 is 10.0 Å². The van der Waals surface area contributed by atoms with Gasteiger partial charge in [-0.2, -0.15) is 5.10 Å². The van der Waals surface area contributed by atoms with E-state index in [2.05, 4.69) is 53.3 Å². The summed E-state index contributed by atoms with van der Waals surface area (Å²) in [4.78, 5) is 18.2. The molecule has 2 aromatic heterocycles. The molecule has 1 amide bonds. The first-order chi connectivity index (χ1) is 16.4. The number of hydrogen-bond acceptors (Lipinski definition) is 4. The first-order valence-corrected chi connectivity index (χ1v) is 14.1. The highest BCUT2D eigenvalue weighted by Gasteiger charge is 2.27. The summed E-state index contributed by atoms with van der Waals surface area (Å²) >= 11 is 0. The van der Waals surface area contributed by atoms with E-state index in [1.54, 1.807) is 17.1 Å². The fraction of sp³-hybridized carbons (Fsp3) is 0.222. The first-order valence-electron chi connectivity index (χ1n) is 11.2. The maximum absolute atomic E-state index is 12.7. The zero-order valence-corrected chi connectivity index (χ0v) is 20.4. The Balaban J connectivity index is 1.40. The molecule has 0 aliphatic carbocycles. The van der Waals surface area contributed by atoms with E-state index in [1.807, 2.05) is 36.4 Å². The molecule has 34 heavy (non-hydrogen) atoms. The minimum Gasteiger partial charge on any atom is -0.489 e. The first kappa shape index (κ1) is 22.2. The van der Waals surface area contributed by atoms with Crippen LogP contribution in [-0.4, -0.2) is 46.0 Å². The van der Waals surface area contributed by atoms with Crippen molar-refractivity contribution in [2.24, 2.45) is 0 Å². The Labute approximate surface area is 201 Å². The molecule has 3 heterocycles. The number of ether oxygens (including phenoxy) is 1. The number of fused-ring (bicyclic) bond motifs is 1. The maximum Gasteiger partial charge on any atom is 0.270 e. The smallest absolute Gasteiger partial charge is 0.270 e. The van der Waals surface area contributed by atoms with Crippen molar-refractivity contribution < 1.29 is 9.53 Å². The quantitative estimate of drug-likeness (QED) is 0.429. The van der Waals surface area contributed by atoms with Gasteiger partial charge in [-0.05, 0) is 71.2 Å². The van der Waals surface area contributed by atoms with Crippen molar-refractivity contribution in [1.82, 2.24) is 20.1 Å². The molecule has 0 spiro atoms. The lowest BCUT2D eigenvalue weighted by molar-refractivity contribution is 0.0925. The highest BCUT2D eigenvalue weighted by Crippen LogP contribution is 2.44. The lowest BCUT2D eigenvalue weighted by Gasteiger charge is -2.25. The van der Waals surface area contributed by atoms with Crippen LogP contribution in [0, 0.1) is 0 Å². The second-order valence-corrected chi connectivity index (χ2v) is 13.2. The molecule has 0 atom stereocenters. The number of pyridine rings is 1. The third-order valence-corrected chi connectivity index (χ3v) is 7.60. The fourth-order valence-corrected chi connectivity index (χ4v) is 5.03. The van der Waals surface area contributed by atoms with Crippen LogP contribution in [0.15, 0.2) is 78.0 Å². The Bertz CT molecular complexity index is 1310. The summed E-state index contributed by atoms with van der Waals surface area (Å²) in [6.07, 6.45) is 10.4. The number of aromatic nitrogens is 3. The zero-order valence-electron chi connectivity index (χ0n) is 19.6. The molecule has 1 N–H and O–H groups in total. The Morgan fingerprint density at radius 3 is 2.32 bits per heavy atom. The van der Waals surface area contributed by atoms with E-state index in [0.717, 1.165) is 33.7 Å². The lowest BCUT2D eigenvalue weighted by atomic mass is 9.98. The average Bonchev–Trinajstić information content (AvgIpc) is 3.24. The van der Waals surface area contributed by atoms with Gasteiger partial charge >= 0.3 is 0 Å². The number of amides is 1. The molecule has 0 saturated heterocycles. The molecule has 0 radical (unpaired) electrons. The second kappa shape index (κ2) is 8.99. The molecule has 6 nitrogen and oxygen atoms in total. The highest BCUT2D eigenvalue weighted by molar-refractivity contribution is 8.32. The van der Waals surface area contributed by atoms with Crippen LogP contribution in [-0.2, 0) is 13.2 Å². The van der Waals surface area contributed by atoms with Crippen molar-refractivity contribution in [2.75, 3.05) is 25.3 Å². The second-order valence-electron chi connectivity index (χ2n) is 9.08. The van der Waals surface area contributed by atoms with E-state index in [-0.39, 0.29) is 5.91 Å². The van der Waals surface area contributed by atoms with Crippen molar-refractivity contribution in [3.63, 3.8) is 0 Å². The molecule has 4 aromatic rings. The molecule has 1 aliphatic heterocycles. The zero-order chi connectivity index (χ0) is 23.7. The monoisotopic (exact) mass is 472 g/mol. The predicted molar refractivity (Wildman–Crippen MR) is 138 cm³/mol. The van der Waals surface area contributed by atoms with Gasteiger partial charge in [0.25, 0.3) is 5.91 Å². The highest BCUT2D eigenvalue weighted by atomic mass is 32.3. The van der Waals surface area contributed by atoms with Gasteiger partial charge in [0.2, 0.25) is 0 Å². The number of carbonyl (C=O) groups excluding carboxylic acids is 1. The standard InChI is InChI=1S/C27H28N4O2S/c1-34(2,3)23-10-4-19(5-11-23)18-33-22-8-6-20(7-9-22)24-25(21-12-14-28-15-13-21)30-31-17-16-29-27(32)26(24)31/h4-15H,16-18H2,1-3H3,(H,29,32). The van der Waals surface area contributed by atoms with Gasteiger partial charge in [-0.15, -0.1) is 0 Å². The van der Waals surface area contributed by atoms with E-state index in [1.165, 1.54) is 4.90 Å². The molecule has 1 aliphatic rings. The SMILES string of the molecule is CS(C)(C)c1ccc(COc2ccc(-c3c(-c4ccncc4)nn4c3C(=O)NCC4)cc2)cc1. The Morgan fingerprint density at radius 2 is 1.65 bits per heavy atom. The summed E-state index contributed by atoms with van der Waals surface area (Å²) < 4.78 is 7.84. The molecular weight excluding hydrogens is 444 g/mol. The fourth-order valence-electron chi connectivity index (χ4n) is 4.08. The van der Waals surface area contributed by atoms with Gasteiger partial charge in [-0.3, -0.25) is 14.5 Å². The van der Waals surface area contributed by atoms with Crippen molar-refractivity contribution in [1.29, 1.82) is 0 Å². The number of rotatable bonds is 6. The lowest BCUT2D eigenvalue weighted by Crippen LogP contribution is -2.35. The van der Waals surface area contributed by atoms with Crippen molar-refractivity contribution in [2.45, 2.75) is 18.0 Å². The average molecular weight is 473 g/mol. The number of nitrogens with one attached hydrogen (secondary N) is 1. The van der Waals surface area contributed by atoms with Gasteiger partial charge in [0, 0.05) is 30.1 Å². The molecular formula is C27H28N4O2S. The topological polar surface area (TPSA) is 69.0 Å². The Morgan fingerprint density at radius 1 is 0.941 bits per heavy atom. The van der Waals surface area contributed by atoms with Crippen LogP contribution in [0.1, 0.15) is 16.1 Å². The molecule has 0 fully saturated rings. The summed E-state index contributed by atoms with van der Waals surface area (Å²) in [7, 11) is -0.727. The molecule has 0 unspecified atom stereocenters. The van der Waals surface area contributed by atoms with Gasteiger partial charge < -0.3 is 10.1 Å². The summed E-state index contributed by atoms with van der Waals surface area (Å²) in [6, 6.07) is 20.4. The van der Waals surface area contributed by atoms with Crippen molar-refractivity contribution in [3.8, 4) is 28.1 Å². The van der Waals surface area contributed by atoms with Crippen molar-refractivity contribution >= 4 is 15.9 Å². The van der Waals surface area contributed by atoms with E-state index in [9.17, 15) is 4.79 Å². The van der Waals surface area contributed by atoms with Gasteiger partial charge in [0.1, 0.15) is 23.7 Å². The van der Waals surface area contributed by atoms with Gasteiger partial charge in [0.05, 0.1) is 6.54 Å². The Kier molecular flexibility index (Phi) is 5.87. The van der Waals surface area contributed by atoms with Crippen LogP contribution in [0.3, 0.4) is 0 Å². The van der Waals surface area contributed by atoms with Crippen molar-refractivity contribution in [3.05, 3.63) is 84.3 Å². The van der Waals surface area contributed by atoms with Crippen LogP contribution in [0.2, 0.25) is 0 Å². The molecule has 0 bridgehead atoms. The van der Waals surface area contributed by atoms with Crippen LogP contribution in [0.25, 0.3) is 22.4 Å². The maximum atomic E-state index is 12.7. The van der Waals surface area contributed by atoms with E-state index >= 15 is 0 Å². The summed E-state index contributed by atoms with van der Waals surface area (Å²) in [6.45, 7) is 1.73. The largest absolute Gasteiger partial charge is 0.489 e.